The van der Waals surface area contributed by atoms with Crippen molar-refractivity contribution < 1.29 is 55.4 Å². The molecule has 3 rings (SSSR count). The highest BCUT2D eigenvalue weighted by Crippen LogP contribution is 2.41. The second kappa shape index (κ2) is 10.1. The predicted molar refractivity (Wildman–Crippen MR) is 111 cm³/mol. The van der Waals surface area contributed by atoms with Crippen molar-refractivity contribution in [3.05, 3.63) is 17.2 Å². The lowest BCUT2D eigenvalue weighted by molar-refractivity contribution is -0.150. The maximum atomic E-state index is 12.5. The smallest absolute Gasteiger partial charge is 0.402 e. The summed E-state index contributed by atoms with van der Waals surface area (Å²) in [5.41, 5.74) is -0.0840. The summed E-state index contributed by atoms with van der Waals surface area (Å²) in [6, 6.07) is -1.31. The summed E-state index contributed by atoms with van der Waals surface area (Å²) < 4.78 is 65.2. The number of carboxylic acid groups (broad SMARTS) is 2. The minimum atomic E-state index is -5.03. The van der Waals surface area contributed by atoms with Gasteiger partial charge in [-0.3, -0.25) is 19.3 Å². The largest absolute Gasteiger partial charge is 0.481 e. The molecule has 0 radical (unpaired) electrons. The minimum absolute atomic E-state index is 0.00739. The van der Waals surface area contributed by atoms with E-state index < -0.39 is 69.1 Å². The van der Waals surface area contributed by atoms with Gasteiger partial charge in [0.25, 0.3) is 11.1 Å². The first kappa shape index (κ1) is 26.8. The molecule has 1 aromatic heterocycles. The van der Waals surface area contributed by atoms with Crippen LogP contribution < -0.4 is 5.32 Å². The summed E-state index contributed by atoms with van der Waals surface area (Å²) in [7, 11) is -4.81. The number of fused-ring (bicyclic) bond motifs is 1. The lowest BCUT2D eigenvalue weighted by Crippen LogP contribution is -2.71. The molecule has 2 aliphatic heterocycles. The van der Waals surface area contributed by atoms with Gasteiger partial charge >= 0.3 is 18.1 Å². The summed E-state index contributed by atoms with van der Waals surface area (Å²) in [5.74, 6) is -8.58. The van der Waals surface area contributed by atoms with Crippen LogP contribution in [0.5, 0.6) is 0 Å². The molecule has 1 aromatic rings. The fourth-order valence-corrected chi connectivity index (χ4v) is 6.50. The van der Waals surface area contributed by atoms with Crippen LogP contribution in [0.4, 0.5) is 13.2 Å². The SMILES string of the molecule is O=C(O)Cc1nnc(SCC2=C(C(=O)O)N3C(=O)C(NC(=O)CS(=O)(=O)CC(F)(F)F)[C@@H]3SC2)o1. The Bertz CT molecular complexity index is 1200. The molecule has 0 saturated carbocycles. The highest BCUT2D eigenvalue weighted by molar-refractivity contribution is 8.01. The number of hydrogen-bond acceptors (Lipinski definition) is 11. The van der Waals surface area contributed by atoms with Gasteiger partial charge in [0.2, 0.25) is 11.8 Å². The molecular weight excluding hydrogens is 545 g/mol. The number of rotatable bonds is 10. The number of β-lactam (4-membered cyclic amide) rings is 1. The number of carbonyl (C=O) groups excluding carboxylic acids is 2. The number of amides is 2. The lowest BCUT2D eigenvalue weighted by atomic mass is 10.0. The van der Waals surface area contributed by atoms with Gasteiger partial charge in [0.05, 0.1) is 0 Å². The van der Waals surface area contributed by atoms with Crippen molar-refractivity contribution in [2.24, 2.45) is 0 Å². The van der Waals surface area contributed by atoms with E-state index in [1.165, 1.54) is 0 Å². The Balaban J connectivity index is 1.65. The fraction of sp³-hybridized carbons (Fsp3) is 0.500. The van der Waals surface area contributed by atoms with Crippen molar-refractivity contribution in [2.75, 3.05) is 23.0 Å². The molecule has 19 heteroatoms. The fourth-order valence-electron chi connectivity index (χ4n) is 3.16. The lowest BCUT2D eigenvalue weighted by Gasteiger charge is -2.49. The number of sulfone groups is 1. The summed E-state index contributed by atoms with van der Waals surface area (Å²) in [5, 5.41) is 26.7. The third kappa shape index (κ3) is 6.66. The number of thioether (sulfide) groups is 2. The van der Waals surface area contributed by atoms with E-state index in [4.69, 9.17) is 9.52 Å². The number of halogens is 3. The van der Waals surface area contributed by atoms with E-state index >= 15 is 0 Å². The van der Waals surface area contributed by atoms with Crippen LogP contribution in [0, 0.1) is 0 Å². The van der Waals surface area contributed by atoms with Gasteiger partial charge in [-0.2, -0.15) is 13.2 Å². The highest BCUT2D eigenvalue weighted by atomic mass is 32.2. The van der Waals surface area contributed by atoms with Gasteiger partial charge in [0, 0.05) is 11.5 Å². The molecule has 1 fully saturated rings. The zero-order chi connectivity index (χ0) is 26.1. The molecule has 0 spiro atoms. The highest BCUT2D eigenvalue weighted by Gasteiger charge is 2.54. The van der Waals surface area contributed by atoms with Crippen molar-refractivity contribution in [3.63, 3.8) is 0 Å². The predicted octanol–water partition coefficient (Wildman–Crippen LogP) is -0.495. The number of aliphatic carboxylic acids is 2. The number of carbonyl (C=O) groups is 4. The molecule has 0 aromatic carbocycles. The van der Waals surface area contributed by atoms with E-state index in [-0.39, 0.29) is 33.9 Å². The Morgan fingerprint density at radius 2 is 1.94 bits per heavy atom. The number of carboxylic acids is 2. The summed E-state index contributed by atoms with van der Waals surface area (Å²) in [4.78, 5) is 47.9. The molecule has 192 valence electrons. The van der Waals surface area contributed by atoms with Crippen LogP contribution in [0.3, 0.4) is 0 Å². The maximum absolute atomic E-state index is 12.5. The third-order valence-corrected chi connectivity index (χ3v) is 8.14. The third-order valence-electron chi connectivity index (χ3n) is 4.42. The molecule has 2 atom stereocenters. The molecular formula is C16H15F3N4O9S3. The number of nitrogens with zero attached hydrogens (tertiary/aromatic N) is 3. The van der Waals surface area contributed by atoms with Gasteiger partial charge in [-0.15, -0.1) is 22.0 Å². The van der Waals surface area contributed by atoms with Crippen LogP contribution in [-0.2, 0) is 35.4 Å². The average Bonchev–Trinajstić information content (AvgIpc) is 3.13. The summed E-state index contributed by atoms with van der Waals surface area (Å²) in [6.45, 7) is 0. The van der Waals surface area contributed by atoms with Gasteiger partial charge in [-0.25, -0.2) is 13.2 Å². The first-order valence-corrected chi connectivity index (χ1v) is 13.2. The summed E-state index contributed by atoms with van der Waals surface area (Å²) in [6.07, 6.45) is -5.53. The van der Waals surface area contributed by atoms with Gasteiger partial charge in [0.15, 0.2) is 9.84 Å². The van der Waals surface area contributed by atoms with Crippen LogP contribution in [0.2, 0.25) is 0 Å². The van der Waals surface area contributed by atoms with Crippen molar-refractivity contribution in [1.29, 1.82) is 0 Å². The van der Waals surface area contributed by atoms with Crippen molar-refractivity contribution >= 4 is 57.1 Å². The van der Waals surface area contributed by atoms with E-state index in [0.717, 1.165) is 28.4 Å². The first-order chi connectivity index (χ1) is 16.2. The Labute approximate surface area is 202 Å². The van der Waals surface area contributed by atoms with E-state index in [1.54, 1.807) is 0 Å². The Morgan fingerprint density at radius 1 is 1.26 bits per heavy atom. The van der Waals surface area contributed by atoms with E-state index in [1.807, 2.05) is 0 Å². The van der Waals surface area contributed by atoms with Crippen molar-refractivity contribution in [2.45, 2.75) is 29.2 Å². The molecule has 1 saturated heterocycles. The van der Waals surface area contributed by atoms with E-state index in [0.29, 0.717) is 0 Å². The van der Waals surface area contributed by atoms with Crippen molar-refractivity contribution in [3.8, 4) is 0 Å². The molecule has 1 unspecified atom stereocenters. The zero-order valence-corrected chi connectivity index (χ0v) is 19.6. The van der Waals surface area contributed by atoms with Crippen LogP contribution in [-0.4, -0.2) is 98.1 Å². The Morgan fingerprint density at radius 3 is 2.54 bits per heavy atom. The Hall–Kier alpha value is -2.80. The maximum Gasteiger partial charge on any atom is 0.402 e. The van der Waals surface area contributed by atoms with Gasteiger partial charge in [-0.05, 0) is 5.57 Å². The molecule has 35 heavy (non-hydrogen) atoms. The Kier molecular flexibility index (Phi) is 7.70. The molecule has 0 aliphatic carbocycles. The second-order valence-corrected chi connectivity index (χ2v) is 11.3. The zero-order valence-electron chi connectivity index (χ0n) is 17.1. The van der Waals surface area contributed by atoms with Gasteiger partial charge in [-0.1, -0.05) is 11.8 Å². The standard InChI is InChI=1S/C16H15F3N4O9S3/c17-16(18,19)5-35(30,31)4-7(24)20-10-12(27)23-11(14(28)29)6(2-33-13(10)23)3-34-15-22-21-8(32-15)1-9(25)26/h10,13H,1-5H2,(H,20,24)(H,25,26)(H,28,29)/t10?,13-/m0/s1. The van der Waals surface area contributed by atoms with Gasteiger partial charge < -0.3 is 19.9 Å². The van der Waals surface area contributed by atoms with E-state index in [2.05, 4.69) is 15.5 Å². The summed E-state index contributed by atoms with van der Waals surface area (Å²) >= 11 is 1.97. The number of hydrogen-bond donors (Lipinski definition) is 3. The number of alkyl halides is 3. The van der Waals surface area contributed by atoms with Crippen LogP contribution in [0.15, 0.2) is 20.9 Å². The average molecular weight is 561 g/mol. The second-order valence-electron chi connectivity index (χ2n) is 7.18. The number of nitrogens with one attached hydrogen (secondary N) is 1. The molecule has 3 N–H and O–H groups in total. The van der Waals surface area contributed by atoms with Gasteiger partial charge in [0.1, 0.15) is 35.0 Å². The van der Waals surface area contributed by atoms with Crippen LogP contribution in [0.1, 0.15) is 5.89 Å². The van der Waals surface area contributed by atoms with Crippen LogP contribution >= 0.6 is 23.5 Å². The normalized spacial score (nSPS) is 20.3. The molecule has 3 heterocycles. The minimum Gasteiger partial charge on any atom is -0.481 e. The molecule has 2 aliphatic rings. The molecule has 2 amide bonds. The molecule has 13 nitrogen and oxygen atoms in total. The first-order valence-electron chi connectivity index (χ1n) is 9.30. The number of aromatic nitrogens is 2. The quantitative estimate of drug-likeness (QED) is 0.245. The monoisotopic (exact) mass is 560 g/mol. The van der Waals surface area contributed by atoms with E-state index in [9.17, 15) is 45.9 Å². The van der Waals surface area contributed by atoms with Crippen LogP contribution in [0.25, 0.3) is 0 Å². The molecule has 0 bridgehead atoms. The topological polar surface area (TPSA) is 197 Å². The van der Waals surface area contributed by atoms with Crippen molar-refractivity contribution in [1.82, 2.24) is 20.4 Å².